The number of esters is 1. The topological polar surface area (TPSA) is 155 Å². The van der Waals surface area contributed by atoms with Crippen molar-refractivity contribution in [3.05, 3.63) is 0 Å². The summed E-state index contributed by atoms with van der Waals surface area (Å²) in [6.45, 7) is 7.12. The Morgan fingerprint density at radius 3 is 1.83 bits per heavy atom. The van der Waals surface area contributed by atoms with E-state index in [4.69, 9.17) is 48.4 Å². The van der Waals surface area contributed by atoms with Crippen LogP contribution in [0.5, 0.6) is 0 Å². The molecule has 13 heteroatoms. The van der Waals surface area contributed by atoms with Gasteiger partial charge in [0.15, 0.2) is 24.2 Å². The van der Waals surface area contributed by atoms with Crippen molar-refractivity contribution in [2.75, 3.05) is 21.3 Å². The smallest absolute Gasteiger partial charge is 0.307 e. The highest BCUT2D eigenvalue weighted by molar-refractivity contribution is 5.78. The number of carbonyl (C=O) groups is 2. The second-order valence-corrected chi connectivity index (χ2v) is 10.4. The minimum atomic E-state index is -0.842. The van der Waals surface area contributed by atoms with Crippen LogP contribution in [-0.4, -0.2) is 106 Å². The molecule has 0 aromatic rings. The highest BCUT2D eigenvalue weighted by atomic mass is 16.9. The molecular weight excluding hydrogens is 480 g/mol. The van der Waals surface area contributed by atoms with Crippen LogP contribution in [0.4, 0.5) is 0 Å². The van der Waals surface area contributed by atoms with Crippen molar-refractivity contribution in [2.24, 2.45) is 5.73 Å². The lowest BCUT2D eigenvalue weighted by Crippen LogP contribution is -2.53. The fraction of sp³-hybridized carbons (Fsp3) is 0.913. The summed E-state index contributed by atoms with van der Waals surface area (Å²) in [5.74, 6) is -2.58. The summed E-state index contributed by atoms with van der Waals surface area (Å²) >= 11 is 0. The van der Waals surface area contributed by atoms with Gasteiger partial charge in [0.1, 0.15) is 36.6 Å². The third-order valence-corrected chi connectivity index (χ3v) is 6.80. The van der Waals surface area contributed by atoms with E-state index in [2.05, 4.69) is 5.32 Å². The van der Waals surface area contributed by atoms with Crippen LogP contribution >= 0.6 is 0 Å². The summed E-state index contributed by atoms with van der Waals surface area (Å²) in [7, 11) is 4.31. The number of nitrogens with two attached hydrogens (primary N) is 1. The predicted molar refractivity (Wildman–Crippen MR) is 120 cm³/mol. The van der Waals surface area contributed by atoms with Crippen LogP contribution in [-0.2, 0) is 52.2 Å². The Morgan fingerprint density at radius 1 is 0.833 bits per heavy atom. The van der Waals surface area contributed by atoms with E-state index in [9.17, 15) is 9.59 Å². The van der Waals surface area contributed by atoms with Gasteiger partial charge < -0.3 is 53.7 Å². The zero-order valence-corrected chi connectivity index (χ0v) is 21.8. The second-order valence-electron chi connectivity index (χ2n) is 10.4. The van der Waals surface area contributed by atoms with Gasteiger partial charge in [0, 0.05) is 26.7 Å². The number of hydrogen-bond donors (Lipinski definition) is 2. The molecule has 13 nitrogen and oxygen atoms in total. The van der Waals surface area contributed by atoms with Crippen LogP contribution in [0.3, 0.4) is 0 Å². The molecule has 0 aliphatic carbocycles. The van der Waals surface area contributed by atoms with Crippen molar-refractivity contribution in [1.82, 2.24) is 5.32 Å². The Hall–Kier alpha value is -1.42. The van der Waals surface area contributed by atoms with E-state index in [1.54, 1.807) is 27.7 Å². The number of hydrogen-bond acceptors (Lipinski definition) is 12. The molecular formula is C23H38N2O11. The first-order valence-electron chi connectivity index (χ1n) is 12.1. The molecule has 206 valence electrons. The minimum Gasteiger partial charge on any atom is -0.469 e. The average Bonchev–Trinajstić information content (AvgIpc) is 3.46. The number of amides is 1. The molecule has 0 saturated carbocycles. The van der Waals surface area contributed by atoms with Gasteiger partial charge in [-0.1, -0.05) is 0 Å². The normalized spacial score (nSPS) is 39.9. The number of nitrogens with one attached hydrogen (secondary N) is 1. The maximum atomic E-state index is 13.1. The van der Waals surface area contributed by atoms with Crippen LogP contribution in [0.15, 0.2) is 0 Å². The highest BCUT2D eigenvalue weighted by Gasteiger charge is 2.58. The van der Waals surface area contributed by atoms with E-state index < -0.39 is 84.7 Å². The predicted octanol–water partition coefficient (Wildman–Crippen LogP) is -0.465. The van der Waals surface area contributed by atoms with Gasteiger partial charge in [-0.15, -0.1) is 0 Å². The third kappa shape index (κ3) is 5.54. The molecule has 1 amide bonds. The summed E-state index contributed by atoms with van der Waals surface area (Å²) in [6, 6.07) is -1.51. The quantitative estimate of drug-likeness (QED) is 0.379. The van der Waals surface area contributed by atoms with Crippen LogP contribution in [0.2, 0.25) is 0 Å². The van der Waals surface area contributed by atoms with Gasteiger partial charge >= 0.3 is 5.97 Å². The zero-order chi connectivity index (χ0) is 26.4. The molecule has 2 unspecified atom stereocenters. The number of rotatable bonds is 9. The van der Waals surface area contributed by atoms with E-state index in [-0.39, 0.29) is 12.8 Å². The van der Waals surface area contributed by atoms with Gasteiger partial charge in [-0.25, -0.2) is 0 Å². The van der Waals surface area contributed by atoms with Crippen molar-refractivity contribution in [3.8, 4) is 0 Å². The number of methoxy groups -OCH3 is 3. The molecule has 3 N–H and O–H groups in total. The molecule has 0 aromatic carbocycles. The third-order valence-electron chi connectivity index (χ3n) is 6.80. The van der Waals surface area contributed by atoms with Gasteiger partial charge in [-0.3, -0.25) is 9.59 Å². The van der Waals surface area contributed by atoms with Crippen LogP contribution in [0.25, 0.3) is 0 Å². The lowest BCUT2D eigenvalue weighted by atomic mass is 9.98. The molecule has 4 aliphatic heterocycles. The summed E-state index contributed by atoms with van der Waals surface area (Å²) in [6.07, 6.45) is -5.05. The molecule has 4 rings (SSSR count). The summed E-state index contributed by atoms with van der Waals surface area (Å²) in [5, 5.41) is 2.85. The van der Waals surface area contributed by atoms with Crippen LogP contribution < -0.4 is 11.1 Å². The molecule has 4 heterocycles. The Morgan fingerprint density at radius 2 is 1.33 bits per heavy atom. The fourth-order valence-corrected chi connectivity index (χ4v) is 5.32. The first-order valence-corrected chi connectivity index (χ1v) is 12.1. The number of carbonyl (C=O) groups excluding carboxylic acids is 2. The second kappa shape index (κ2) is 10.4. The largest absolute Gasteiger partial charge is 0.469 e. The number of fused-ring (bicyclic) bond motifs is 2. The van der Waals surface area contributed by atoms with Crippen molar-refractivity contribution in [2.45, 2.75) is 113 Å². The van der Waals surface area contributed by atoms with Crippen molar-refractivity contribution in [3.63, 3.8) is 0 Å². The Kier molecular flexibility index (Phi) is 7.97. The zero-order valence-electron chi connectivity index (χ0n) is 21.8. The Balaban J connectivity index is 1.41. The summed E-state index contributed by atoms with van der Waals surface area (Å²) in [4.78, 5) is 25.2. The monoisotopic (exact) mass is 518 g/mol. The first kappa shape index (κ1) is 27.6. The van der Waals surface area contributed by atoms with Crippen LogP contribution in [0, 0.1) is 0 Å². The molecule has 0 bridgehead atoms. The standard InChI is InChI=1S/C23H38N2O11/c1-22(2)33-18-16(29-6)14(31-20(18)35-22)10(24)8-12(26)25-11(9-13(27)28-5)15-17(30-7)19-21(32-15)36-23(3,4)34-19/h10-11,14-21H,8-9,24H2,1-7H3,(H,25,26)/t10?,11?,14-,15-,16-,17-,18+,19+,20+,21+/m0/s1. The summed E-state index contributed by atoms with van der Waals surface area (Å²) in [5.41, 5.74) is 6.37. The number of ether oxygens (including phenoxy) is 9. The Bertz CT molecular complexity index is 824. The molecule has 10 atom stereocenters. The van der Waals surface area contributed by atoms with Gasteiger partial charge in [-0.05, 0) is 27.7 Å². The van der Waals surface area contributed by atoms with E-state index in [1.165, 1.54) is 21.3 Å². The van der Waals surface area contributed by atoms with Crippen molar-refractivity contribution in [1.29, 1.82) is 0 Å². The van der Waals surface area contributed by atoms with Crippen molar-refractivity contribution < 1.29 is 52.2 Å². The molecule has 0 aromatic heterocycles. The fourth-order valence-electron chi connectivity index (χ4n) is 5.32. The van der Waals surface area contributed by atoms with E-state index in [1.807, 2.05) is 0 Å². The van der Waals surface area contributed by atoms with Gasteiger partial charge in [0.25, 0.3) is 0 Å². The SMILES string of the molecule is COC(=O)CC(NC(=O)CC(N)[C@@H]1O[C@@H]2OC(C)(C)O[C@@H]2[C@H]1OC)[C@@H]1O[C@@H]2OC(C)(C)O[C@@H]2[C@H]1OC. The molecule has 4 aliphatic rings. The van der Waals surface area contributed by atoms with Gasteiger partial charge in [0.2, 0.25) is 5.91 Å². The minimum absolute atomic E-state index is 0.109. The maximum Gasteiger partial charge on any atom is 0.307 e. The van der Waals surface area contributed by atoms with E-state index in [0.29, 0.717) is 0 Å². The van der Waals surface area contributed by atoms with Crippen LogP contribution in [0.1, 0.15) is 40.5 Å². The maximum absolute atomic E-state index is 13.1. The summed E-state index contributed by atoms with van der Waals surface area (Å²) < 4.78 is 51.4. The van der Waals surface area contributed by atoms with E-state index >= 15 is 0 Å². The molecule has 0 spiro atoms. The van der Waals surface area contributed by atoms with Crippen molar-refractivity contribution >= 4 is 11.9 Å². The first-order chi connectivity index (χ1) is 16.9. The Labute approximate surface area is 210 Å². The molecule has 4 fully saturated rings. The van der Waals surface area contributed by atoms with Gasteiger partial charge in [0.05, 0.1) is 19.6 Å². The molecule has 0 radical (unpaired) electrons. The lowest BCUT2D eigenvalue weighted by molar-refractivity contribution is -0.220. The molecule has 4 saturated heterocycles. The lowest BCUT2D eigenvalue weighted by Gasteiger charge is -2.31. The highest BCUT2D eigenvalue weighted by Crippen LogP contribution is 2.41. The molecule has 36 heavy (non-hydrogen) atoms. The van der Waals surface area contributed by atoms with Gasteiger partial charge in [-0.2, -0.15) is 0 Å². The van der Waals surface area contributed by atoms with E-state index in [0.717, 1.165) is 0 Å². The average molecular weight is 519 g/mol.